The highest BCUT2D eigenvalue weighted by atomic mass is 17.1. The zero-order valence-electron chi connectivity index (χ0n) is 20.7. The molecule has 34 heavy (non-hydrogen) atoms. The molecule has 0 heterocycles. The standard InChI is InChI=1S/C20H32O4.C6H14N2O2/c1-2-3-13-16-19(24-23)17-14-11-9-7-5-4-6-8-10-12-15-18-20(21)22;7-4-2-1-3-5(8)6(9)10/h4-5,8-11,14,17,19,23H,2-3,6-7,12-13,15-16,18H2,1H3,(H,21,22);5H,1-4,7-8H2,(H,9,10)/t;5-/m.0/s1. The van der Waals surface area contributed by atoms with E-state index in [9.17, 15) is 9.59 Å². The van der Waals surface area contributed by atoms with Gasteiger partial charge in [0.1, 0.15) is 12.1 Å². The molecule has 0 radical (unpaired) electrons. The molecular formula is C26H46N2O6. The number of aliphatic carboxylic acids is 2. The Bertz CT molecular complexity index is 602. The van der Waals surface area contributed by atoms with Crippen LogP contribution in [0.4, 0.5) is 0 Å². The van der Waals surface area contributed by atoms with Gasteiger partial charge in [-0.25, -0.2) is 4.89 Å². The molecule has 0 aromatic rings. The predicted octanol–water partition coefficient (Wildman–Crippen LogP) is 5.21. The molecule has 0 saturated heterocycles. The third kappa shape index (κ3) is 27.8. The topological polar surface area (TPSA) is 156 Å². The number of hydrogen-bond donors (Lipinski definition) is 5. The van der Waals surface area contributed by atoms with E-state index in [0.717, 1.165) is 57.8 Å². The molecule has 0 aliphatic carbocycles. The number of unbranched alkanes of at least 4 members (excludes halogenated alkanes) is 4. The third-order valence-corrected chi connectivity index (χ3v) is 4.73. The van der Waals surface area contributed by atoms with Crippen LogP contribution < -0.4 is 11.5 Å². The van der Waals surface area contributed by atoms with Crippen LogP contribution in [0.2, 0.25) is 0 Å². The molecule has 0 fully saturated rings. The fraction of sp³-hybridized carbons (Fsp3) is 0.615. The van der Waals surface area contributed by atoms with Crippen LogP contribution >= 0.6 is 0 Å². The van der Waals surface area contributed by atoms with Crippen molar-refractivity contribution in [3.8, 4) is 0 Å². The first-order valence-corrected chi connectivity index (χ1v) is 12.2. The molecule has 1 unspecified atom stereocenters. The molecular weight excluding hydrogens is 436 g/mol. The Labute approximate surface area is 205 Å². The number of rotatable bonds is 20. The highest BCUT2D eigenvalue weighted by molar-refractivity contribution is 5.72. The summed E-state index contributed by atoms with van der Waals surface area (Å²) in [6, 6.07) is -0.716. The summed E-state index contributed by atoms with van der Waals surface area (Å²) in [6.07, 6.45) is 25.7. The molecule has 0 saturated carbocycles. The van der Waals surface area contributed by atoms with Crippen LogP contribution in [0, 0.1) is 0 Å². The molecule has 8 nitrogen and oxygen atoms in total. The van der Waals surface area contributed by atoms with E-state index < -0.39 is 18.0 Å². The summed E-state index contributed by atoms with van der Waals surface area (Å²) in [7, 11) is 0. The van der Waals surface area contributed by atoms with Gasteiger partial charge in [-0.3, -0.25) is 14.8 Å². The Morgan fingerprint density at radius 1 is 0.882 bits per heavy atom. The second-order valence-electron chi connectivity index (χ2n) is 7.88. The van der Waals surface area contributed by atoms with Crippen molar-refractivity contribution in [1.82, 2.24) is 0 Å². The van der Waals surface area contributed by atoms with Crippen LogP contribution in [0.3, 0.4) is 0 Å². The maximum atomic E-state index is 10.3. The average molecular weight is 483 g/mol. The molecule has 0 aliphatic rings. The number of carbonyl (C=O) groups is 2. The molecule has 0 aromatic carbocycles. The van der Waals surface area contributed by atoms with Crippen molar-refractivity contribution in [2.75, 3.05) is 6.54 Å². The van der Waals surface area contributed by atoms with E-state index in [1.165, 1.54) is 0 Å². The minimum absolute atomic E-state index is 0.219. The Balaban J connectivity index is 0. The normalized spacial score (nSPS) is 13.5. The van der Waals surface area contributed by atoms with Gasteiger partial charge in [0, 0.05) is 6.42 Å². The van der Waals surface area contributed by atoms with E-state index in [0.29, 0.717) is 19.4 Å². The van der Waals surface area contributed by atoms with Crippen LogP contribution in [0.5, 0.6) is 0 Å². The molecule has 2 atom stereocenters. The van der Waals surface area contributed by atoms with Crippen molar-refractivity contribution >= 4 is 11.9 Å². The molecule has 196 valence electrons. The Kier molecular flexibility index (Phi) is 26.9. The molecule has 0 spiro atoms. The Morgan fingerprint density at radius 2 is 1.53 bits per heavy atom. The van der Waals surface area contributed by atoms with Gasteiger partial charge in [-0.1, -0.05) is 81.2 Å². The lowest BCUT2D eigenvalue weighted by Gasteiger charge is -2.07. The summed E-state index contributed by atoms with van der Waals surface area (Å²) < 4.78 is 0. The van der Waals surface area contributed by atoms with Gasteiger partial charge in [-0.2, -0.15) is 0 Å². The Morgan fingerprint density at radius 3 is 2.12 bits per heavy atom. The van der Waals surface area contributed by atoms with E-state index in [-0.39, 0.29) is 12.5 Å². The van der Waals surface area contributed by atoms with Gasteiger partial charge in [-0.05, 0) is 51.5 Å². The number of allylic oxidation sites excluding steroid dienone is 7. The van der Waals surface area contributed by atoms with Gasteiger partial charge >= 0.3 is 11.9 Å². The van der Waals surface area contributed by atoms with Crippen LogP contribution in [-0.2, 0) is 14.5 Å². The second kappa shape index (κ2) is 27.0. The maximum Gasteiger partial charge on any atom is 0.320 e. The van der Waals surface area contributed by atoms with Gasteiger partial charge in [0.05, 0.1) is 0 Å². The molecule has 8 heteroatoms. The maximum absolute atomic E-state index is 10.3. The SMILES string of the molecule is CCCCCC(C=CC=CCC=CCC=CCCCC(=O)O)OO.NCCCC[C@H](N)C(=O)O. The molecule has 0 rings (SSSR count). The van der Waals surface area contributed by atoms with Gasteiger partial charge < -0.3 is 21.7 Å². The average Bonchev–Trinajstić information content (AvgIpc) is 2.81. The van der Waals surface area contributed by atoms with E-state index in [2.05, 4.69) is 30.0 Å². The van der Waals surface area contributed by atoms with Crippen LogP contribution in [0.1, 0.15) is 84.0 Å². The molecule has 0 amide bonds. The van der Waals surface area contributed by atoms with Crippen molar-refractivity contribution in [2.24, 2.45) is 11.5 Å². The Hall–Kier alpha value is -2.26. The van der Waals surface area contributed by atoms with Gasteiger partial charge in [-0.15, -0.1) is 0 Å². The zero-order valence-corrected chi connectivity index (χ0v) is 20.7. The van der Waals surface area contributed by atoms with Crippen molar-refractivity contribution in [3.63, 3.8) is 0 Å². The summed E-state index contributed by atoms with van der Waals surface area (Å²) in [6.45, 7) is 2.75. The van der Waals surface area contributed by atoms with Crippen LogP contribution in [-0.4, -0.2) is 46.1 Å². The van der Waals surface area contributed by atoms with E-state index in [4.69, 9.17) is 26.9 Å². The highest BCUT2D eigenvalue weighted by Gasteiger charge is 2.09. The van der Waals surface area contributed by atoms with Crippen LogP contribution in [0.25, 0.3) is 0 Å². The quantitative estimate of drug-likeness (QED) is 0.0520. The lowest BCUT2D eigenvalue weighted by atomic mass is 10.1. The van der Waals surface area contributed by atoms with E-state index >= 15 is 0 Å². The summed E-state index contributed by atoms with van der Waals surface area (Å²) in [5, 5.41) is 25.6. The molecule has 0 aromatic heterocycles. The van der Waals surface area contributed by atoms with Gasteiger partial charge in [0.15, 0.2) is 0 Å². The first-order valence-electron chi connectivity index (χ1n) is 12.2. The molecule has 7 N–H and O–H groups in total. The summed E-state index contributed by atoms with van der Waals surface area (Å²) in [5.74, 6) is -1.67. The fourth-order valence-corrected chi connectivity index (χ4v) is 2.69. The largest absolute Gasteiger partial charge is 0.481 e. The zero-order chi connectivity index (χ0) is 25.9. The van der Waals surface area contributed by atoms with Crippen LogP contribution in [0.15, 0.2) is 48.6 Å². The molecule has 0 bridgehead atoms. The minimum Gasteiger partial charge on any atom is -0.481 e. The fourth-order valence-electron chi connectivity index (χ4n) is 2.69. The third-order valence-electron chi connectivity index (χ3n) is 4.73. The van der Waals surface area contributed by atoms with Gasteiger partial charge in [0.25, 0.3) is 0 Å². The number of carboxylic acid groups (broad SMARTS) is 2. The predicted molar refractivity (Wildman–Crippen MR) is 137 cm³/mol. The van der Waals surface area contributed by atoms with Crippen molar-refractivity contribution in [2.45, 2.75) is 96.1 Å². The number of carboxylic acids is 2. The monoisotopic (exact) mass is 482 g/mol. The number of hydrogen-bond acceptors (Lipinski definition) is 6. The van der Waals surface area contributed by atoms with E-state index in [1.54, 1.807) is 0 Å². The van der Waals surface area contributed by atoms with Crippen molar-refractivity contribution in [3.05, 3.63) is 48.6 Å². The summed E-state index contributed by atoms with van der Waals surface area (Å²) in [4.78, 5) is 24.9. The second-order valence-corrected chi connectivity index (χ2v) is 7.88. The number of nitrogens with two attached hydrogens (primary N) is 2. The lowest BCUT2D eigenvalue weighted by molar-refractivity contribution is -0.267. The highest BCUT2D eigenvalue weighted by Crippen LogP contribution is 2.07. The van der Waals surface area contributed by atoms with Crippen molar-refractivity contribution in [1.29, 1.82) is 0 Å². The van der Waals surface area contributed by atoms with E-state index in [1.807, 2.05) is 30.4 Å². The first kappa shape index (κ1) is 33.9. The first-order chi connectivity index (χ1) is 16.4. The smallest absolute Gasteiger partial charge is 0.320 e. The summed E-state index contributed by atoms with van der Waals surface area (Å²) in [5.41, 5.74) is 10.4. The summed E-state index contributed by atoms with van der Waals surface area (Å²) >= 11 is 0. The van der Waals surface area contributed by atoms with Crippen molar-refractivity contribution < 1.29 is 29.9 Å². The van der Waals surface area contributed by atoms with Gasteiger partial charge in [0.2, 0.25) is 0 Å². The lowest BCUT2D eigenvalue weighted by Crippen LogP contribution is -2.29. The molecule has 0 aliphatic heterocycles. The minimum atomic E-state index is -0.933.